The number of unbranched alkanes of at least 4 members (excludes halogenated alkanes) is 1. The van der Waals surface area contributed by atoms with E-state index in [1.165, 1.54) is 45.3 Å². The van der Waals surface area contributed by atoms with Crippen molar-refractivity contribution < 1.29 is 0 Å². The van der Waals surface area contributed by atoms with Gasteiger partial charge in [-0.2, -0.15) is 0 Å². The predicted molar refractivity (Wildman–Crippen MR) is 80.1 cm³/mol. The van der Waals surface area contributed by atoms with Crippen molar-refractivity contribution in [3.8, 4) is 0 Å². The number of piperidine rings is 1. The maximum Gasteiger partial charge on any atom is 0.0113 e. The zero-order valence-corrected chi connectivity index (χ0v) is 13.1. The third-order valence-electron chi connectivity index (χ3n) is 3.84. The summed E-state index contributed by atoms with van der Waals surface area (Å²) in [4.78, 5) is 5.02. The lowest BCUT2D eigenvalue weighted by molar-refractivity contribution is 0.143. The fraction of sp³-hybridized carbons (Fsp3) is 1.00. The minimum atomic E-state index is 0.268. The number of hydrogen-bond donors (Lipinski definition) is 1. The van der Waals surface area contributed by atoms with E-state index in [2.05, 4.69) is 50.0 Å². The molecule has 0 unspecified atom stereocenters. The molecule has 1 N–H and O–H groups in total. The summed E-state index contributed by atoms with van der Waals surface area (Å²) in [5.41, 5.74) is 0.268. The molecule has 1 saturated heterocycles. The van der Waals surface area contributed by atoms with E-state index in [4.69, 9.17) is 0 Å². The lowest BCUT2D eigenvalue weighted by atomic mass is 10.0. The lowest BCUT2D eigenvalue weighted by Crippen LogP contribution is -2.42. The quantitative estimate of drug-likeness (QED) is 0.734. The number of hydrogen-bond acceptors (Lipinski definition) is 3. The van der Waals surface area contributed by atoms with Crippen LogP contribution in [0.5, 0.6) is 0 Å². The monoisotopic (exact) mass is 255 g/mol. The fourth-order valence-corrected chi connectivity index (χ4v) is 2.58. The van der Waals surface area contributed by atoms with Gasteiger partial charge in [0.15, 0.2) is 0 Å². The molecular weight excluding hydrogens is 222 g/mol. The molecule has 1 rings (SSSR count). The highest BCUT2D eigenvalue weighted by molar-refractivity contribution is 4.77. The summed E-state index contributed by atoms with van der Waals surface area (Å²) >= 11 is 0. The van der Waals surface area contributed by atoms with Crippen molar-refractivity contribution in [2.75, 3.05) is 40.3 Å². The second kappa shape index (κ2) is 7.46. The first-order valence-electron chi connectivity index (χ1n) is 7.52. The molecule has 18 heavy (non-hydrogen) atoms. The second-order valence-corrected chi connectivity index (χ2v) is 6.92. The topological polar surface area (TPSA) is 18.5 Å². The van der Waals surface area contributed by atoms with Gasteiger partial charge in [-0.25, -0.2) is 0 Å². The maximum atomic E-state index is 3.56. The molecule has 3 nitrogen and oxygen atoms in total. The van der Waals surface area contributed by atoms with E-state index in [0.29, 0.717) is 0 Å². The number of nitrogens with one attached hydrogen (secondary N) is 1. The van der Waals surface area contributed by atoms with Crippen LogP contribution in [0.4, 0.5) is 0 Å². The molecule has 0 radical (unpaired) electrons. The van der Waals surface area contributed by atoms with E-state index in [9.17, 15) is 0 Å². The summed E-state index contributed by atoms with van der Waals surface area (Å²) in [6.07, 6.45) is 5.31. The van der Waals surface area contributed by atoms with Gasteiger partial charge < -0.3 is 15.1 Å². The smallest absolute Gasteiger partial charge is 0.0113 e. The van der Waals surface area contributed by atoms with Gasteiger partial charge in [0.2, 0.25) is 0 Å². The summed E-state index contributed by atoms with van der Waals surface area (Å²) in [6.45, 7) is 11.7. The molecule has 0 aromatic rings. The average molecular weight is 255 g/mol. The van der Waals surface area contributed by atoms with Crippen molar-refractivity contribution in [1.29, 1.82) is 0 Å². The van der Waals surface area contributed by atoms with Gasteiger partial charge in [0.1, 0.15) is 0 Å². The molecule has 3 heteroatoms. The number of likely N-dealkylation sites (tertiary alicyclic amines) is 1. The molecule has 0 atom stereocenters. The average Bonchev–Trinajstić information content (AvgIpc) is 2.27. The highest BCUT2D eigenvalue weighted by Gasteiger charge is 2.19. The Bertz CT molecular complexity index is 212. The molecule has 0 aromatic carbocycles. The van der Waals surface area contributed by atoms with Crippen LogP contribution in [0.2, 0.25) is 0 Å². The van der Waals surface area contributed by atoms with Crippen LogP contribution < -0.4 is 5.32 Å². The molecular formula is C15H33N3. The van der Waals surface area contributed by atoms with E-state index < -0.39 is 0 Å². The predicted octanol–water partition coefficient (Wildman–Crippen LogP) is 2.18. The highest BCUT2D eigenvalue weighted by Crippen LogP contribution is 2.14. The van der Waals surface area contributed by atoms with Gasteiger partial charge in [0.05, 0.1) is 0 Å². The van der Waals surface area contributed by atoms with Crippen molar-refractivity contribution in [2.45, 2.75) is 58.0 Å². The molecule has 0 aromatic heterocycles. The molecule has 0 amide bonds. The van der Waals surface area contributed by atoms with Crippen LogP contribution >= 0.6 is 0 Å². The fourth-order valence-electron chi connectivity index (χ4n) is 2.58. The van der Waals surface area contributed by atoms with Crippen LogP contribution in [0.3, 0.4) is 0 Å². The number of nitrogens with zero attached hydrogens (tertiary/aromatic N) is 2. The Morgan fingerprint density at radius 1 is 1.11 bits per heavy atom. The molecule has 1 aliphatic heterocycles. The van der Waals surface area contributed by atoms with Crippen molar-refractivity contribution in [3.63, 3.8) is 0 Å². The Balaban J connectivity index is 2.01. The Morgan fingerprint density at radius 2 is 1.72 bits per heavy atom. The minimum Gasteiger partial charge on any atom is -0.312 e. The maximum absolute atomic E-state index is 3.56. The molecule has 0 bridgehead atoms. The van der Waals surface area contributed by atoms with Crippen molar-refractivity contribution in [2.24, 2.45) is 0 Å². The zero-order valence-electron chi connectivity index (χ0n) is 13.1. The minimum absolute atomic E-state index is 0.268. The van der Waals surface area contributed by atoms with Gasteiger partial charge in [0, 0.05) is 11.6 Å². The van der Waals surface area contributed by atoms with Gasteiger partial charge in [-0.05, 0) is 86.7 Å². The normalized spacial score (nSPS) is 19.7. The number of rotatable bonds is 6. The Kier molecular flexibility index (Phi) is 6.61. The van der Waals surface area contributed by atoms with E-state index >= 15 is 0 Å². The summed E-state index contributed by atoms with van der Waals surface area (Å²) in [5.74, 6) is 0. The highest BCUT2D eigenvalue weighted by atomic mass is 15.2. The zero-order chi connectivity index (χ0) is 13.6. The lowest BCUT2D eigenvalue weighted by Gasteiger charge is -2.35. The Morgan fingerprint density at radius 3 is 2.22 bits per heavy atom. The molecule has 1 heterocycles. The molecule has 1 fully saturated rings. The third-order valence-corrected chi connectivity index (χ3v) is 3.84. The molecule has 0 aliphatic carbocycles. The first kappa shape index (κ1) is 15.9. The molecule has 0 spiro atoms. The van der Waals surface area contributed by atoms with E-state index in [0.717, 1.165) is 12.6 Å². The summed E-state index contributed by atoms with van der Waals surface area (Å²) in [5, 5.41) is 3.56. The van der Waals surface area contributed by atoms with E-state index in [1.54, 1.807) is 0 Å². The van der Waals surface area contributed by atoms with Gasteiger partial charge in [-0.1, -0.05) is 0 Å². The van der Waals surface area contributed by atoms with Crippen molar-refractivity contribution in [3.05, 3.63) is 0 Å². The Labute approximate surface area is 114 Å². The second-order valence-electron chi connectivity index (χ2n) is 6.92. The Hall–Kier alpha value is -0.120. The van der Waals surface area contributed by atoms with Crippen LogP contribution in [-0.4, -0.2) is 61.7 Å². The molecule has 1 aliphatic rings. The summed E-state index contributed by atoms with van der Waals surface area (Å²) < 4.78 is 0. The third kappa shape index (κ3) is 6.72. The van der Waals surface area contributed by atoms with Gasteiger partial charge in [-0.15, -0.1) is 0 Å². The van der Waals surface area contributed by atoms with Gasteiger partial charge in [-0.3, -0.25) is 0 Å². The van der Waals surface area contributed by atoms with Gasteiger partial charge >= 0.3 is 0 Å². The molecule has 0 saturated carbocycles. The van der Waals surface area contributed by atoms with Crippen LogP contribution in [0.15, 0.2) is 0 Å². The van der Waals surface area contributed by atoms with Crippen LogP contribution in [0, 0.1) is 0 Å². The standard InChI is InChI=1S/C15H33N3/c1-15(2,3)16-10-6-7-11-18-12-8-14(9-13-18)17(4)5/h14,16H,6-13H2,1-5H3. The first-order chi connectivity index (χ1) is 8.38. The first-order valence-corrected chi connectivity index (χ1v) is 7.52. The van der Waals surface area contributed by atoms with Crippen molar-refractivity contribution >= 4 is 0 Å². The summed E-state index contributed by atoms with van der Waals surface area (Å²) in [6, 6.07) is 0.809. The van der Waals surface area contributed by atoms with Gasteiger partial charge in [0.25, 0.3) is 0 Å². The molecule has 108 valence electrons. The largest absolute Gasteiger partial charge is 0.312 e. The van der Waals surface area contributed by atoms with E-state index in [1.807, 2.05) is 0 Å². The van der Waals surface area contributed by atoms with Crippen LogP contribution in [0.25, 0.3) is 0 Å². The van der Waals surface area contributed by atoms with E-state index in [-0.39, 0.29) is 5.54 Å². The van der Waals surface area contributed by atoms with Crippen LogP contribution in [0.1, 0.15) is 46.5 Å². The SMILES string of the molecule is CN(C)C1CCN(CCCCNC(C)(C)C)CC1. The summed E-state index contributed by atoms with van der Waals surface area (Å²) in [7, 11) is 4.41. The van der Waals surface area contributed by atoms with Crippen LogP contribution in [-0.2, 0) is 0 Å². The van der Waals surface area contributed by atoms with Crippen molar-refractivity contribution in [1.82, 2.24) is 15.1 Å².